The summed E-state index contributed by atoms with van der Waals surface area (Å²) >= 11 is 1.34. The van der Waals surface area contributed by atoms with Gasteiger partial charge in [0.1, 0.15) is 4.66 Å². The number of Topliss-reactive ketones (excluding diaryl/α,β-unsaturated/α-hetero) is 1. The lowest BCUT2D eigenvalue weighted by Gasteiger charge is -2.04. The van der Waals surface area contributed by atoms with Gasteiger partial charge in [0.05, 0.1) is 4.53 Å². The molecule has 0 aliphatic carbocycles. The Kier molecular flexibility index (Phi) is 5.57. The highest BCUT2D eigenvalue weighted by Gasteiger charge is 2.07. The molecule has 0 aliphatic heterocycles. The lowest BCUT2D eigenvalue weighted by Crippen LogP contribution is -2.29. The van der Waals surface area contributed by atoms with Gasteiger partial charge in [-0.2, -0.15) is 0 Å². The lowest BCUT2D eigenvalue weighted by molar-refractivity contribution is 0.106. The molecule has 0 fully saturated rings. The van der Waals surface area contributed by atoms with Crippen molar-refractivity contribution in [3.8, 4) is 0 Å². The average molecular weight is 378 g/mol. The average Bonchev–Trinajstić information content (AvgIpc) is 2.90. The van der Waals surface area contributed by atoms with Crippen molar-refractivity contribution in [3.05, 3.63) is 90.3 Å². The fourth-order valence-corrected chi connectivity index (χ4v) is 3.91. The number of carbonyl (C=O) groups is 1. The van der Waals surface area contributed by atoms with Crippen LogP contribution in [0, 0.1) is 6.92 Å². The molecule has 0 saturated carbocycles. The van der Waals surface area contributed by atoms with E-state index in [1.807, 2.05) is 49.4 Å². The molecule has 138 valence electrons. The molecule has 0 N–H and O–H groups in total. The predicted octanol–water partition coefficient (Wildman–Crippen LogP) is 3.37. The summed E-state index contributed by atoms with van der Waals surface area (Å²) in [5.74, 6) is 0.389. The molecule has 0 unspecified atom stereocenters. The third-order valence-electron chi connectivity index (χ3n) is 4.63. The Labute approximate surface area is 162 Å². The second-order valence-corrected chi connectivity index (χ2v) is 8.02. The van der Waals surface area contributed by atoms with Crippen molar-refractivity contribution in [1.29, 1.82) is 0 Å². The number of thiazole rings is 1. The highest BCUT2D eigenvalue weighted by Crippen LogP contribution is 2.14. The molecule has 0 atom stereocenters. The zero-order valence-electron chi connectivity index (χ0n) is 16.0. The van der Waals surface area contributed by atoms with Crippen LogP contribution in [-0.4, -0.2) is 10.4 Å². The van der Waals surface area contributed by atoms with Crippen LogP contribution < -0.4 is 14.8 Å². The molecule has 0 radical (unpaired) electrons. The Hall–Kier alpha value is -2.72. The third-order valence-corrected chi connectivity index (χ3v) is 5.74. The van der Waals surface area contributed by atoms with Gasteiger partial charge in [-0.05, 0) is 35.6 Å². The van der Waals surface area contributed by atoms with Crippen LogP contribution in [0.15, 0.2) is 53.3 Å². The Morgan fingerprint density at radius 3 is 2.37 bits per heavy atom. The molecular weight excluding hydrogens is 354 g/mol. The van der Waals surface area contributed by atoms with E-state index in [0.29, 0.717) is 20.7 Å². The second kappa shape index (κ2) is 7.89. The summed E-state index contributed by atoms with van der Waals surface area (Å²) in [6, 6.07) is 15.7. The predicted molar refractivity (Wildman–Crippen MR) is 113 cm³/mol. The van der Waals surface area contributed by atoms with Gasteiger partial charge in [-0.3, -0.25) is 9.59 Å². The molecule has 0 saturated heterocycles. The fraction of sp³-hybridized carbons (Fsp3) is 0.217. The first-order chi connectivity index (χ1) is 12.9. The van der Waals surface area contributed by atoms with Crippen molar-refractivity contribution in [2.24, 2.45) is 7.05 Å². The minimum atomic E-state index is -0.0863. The molecule has 0 spiro atoms. The molecule has 3 rings (SSSR count). The molecule has 1 heterocycles. The van der Waals surface area contributed by atoms with E-state index >= 15 is 0 Å². The minimum Gasteiger partial charge on any atom is -0.302 e. The van der Waals surface area contributed by atoms with Gasteiger partial charge in [0, 0.05) is 18.7 Å². The number of ketones is 1. The van der Waals surface area contributed by atoms with E-state index in [4.69, 9.17) is 0 Å². The van der Waals surface area contributed by atoms with Crippen molar-refractivity contribution in [3.63, 3.8) is 0 Å². The van der Waals surface area contributed by atoms with Crippen molar-refractivity contribution < 1.29 is 4.79 Å². The monoisotopic (exact) mass is 377 g/mol. The number of aromatic nitrogens is 1. The van der Waals surface area contributed by atoms with Crippen LogP contribution in [0.1, 0.15) is 46.8 Å². The number of nitrogens with zero attached hydrogens (tertiary/aromatic N) is 1. The summed E-state index contributed by atoms with van der Waals surface area (Å²) < 4.78 is 2.81. The van der Waals surface area contributed by atoms with E-state index in [1.54, 1.807) is 13.1 Å². The van der Waals surface area contributed by atoms with Gasteiger partial charge in [-0.15, -0.1) is 11.3 Å². The van der Waals surface area contributed by atoms with Crippen LogP contribution in [0.2, 0.25) is 0 Å². The molecular formula is C23H23NO2S. The zero-order valence-corrected chi connectivity index (χ0v) is 16.8. The van der Waals surface area contributed by atoms with Gasteiger partial charge >= 0.3 is 0 Å². The first-order valence-corrected chi connectivity index (χ1v) is 9.77. The maximum atomic E-state index is 12.6. The van der Waals surface area contributed by atoms with E-state index < -0.39 is 0 Å². The molecule has 1 aromatic heterocycles. The molecule has 2 aromatic carbocycles. The molecule has 0 bridgehead atoms. The summed E-state index contributed by atoms with van der Waals surface area (Å²) in [6.07, 6.45) is 3.43. The topological polar surface area (TPSA) is 39.1 Å². The Balaban J connectivity index is 2.02. The quantitative estimate of drug-likeness (QED) is 0.654. The van der Waals surface area contributed by atoms with Crippen molar-refractivity contribution in [2.45, 2.75) is 26.7 Å². The Morgan fingerprint density at radius 2 is 1.74 bits per heavy atom. The summed E-state index contributed by atoms with van der Waals surface area (Å²) in [6.45, 7) is 6.22. The van der Waals surface area contributed by atoms with E-state index in [0.717, 1.165) is 11.1 Å². The summed E-state index contributed by atoms with van der Waals surface area (Å²) in [5.41, 5.74) is 3.75. The van der Waals surface area contributed by atoms with Gasteiger partial charge in [-0.25, -0.2) is 0 Å². The highest BCUT2D eigenvalue weighted by molar-refractivity contribution is 7.07. The largest absolute Gasteiger partial charge is 0.302 e. The van der Waals surface area contributed by atoms with Crippen molar-refractivity contribution in [2.75, 3.05) is 0 Å². The lowest BCUT2D eigenvalue weighted by atomic mass is 10.0. The van der Waals surface area contributed by atoms with E-state index in [9.17, 15) is 9.59 Å². The second-order valence-electron chi connectivity index (χ2n) is 6.96. The number of hydrogen-bond acceptors (Lipinski definition) is 3. The normalized spacial score (nSPS) is 12.8. The van der Waals surface area contributed by atoms with E-state index in [2.05, 4.69) is 26.0 Å². The van der Waals surface area contributed by atoms with Crippen LogP contribution in [0.25, 0.3) is 12.2 Å². The molecule has 3 nitrogen and oxygen atoms in total. The van der Waals surface area contributed by atoms with E-state index in [-0.39, 0.29) is 11.3 Å². The zero-order chi connectivity index (χ0) is 19.6. The summed E-state index contributed by atoms with van der Waals surface area (Å²) in [4.78, 5) is 25.2. The molecule has 3 aromatic rings. The maximum Gasteiger partial charge on any atom is 0.268 e. The fourth-order valence-electron chi connectivity index (χ4n) is 2.88. The summed E-state index contributed by atoms with van der Waals surface area (Å²) in [5, 5.41) is 0. The van der Waals surface area contributed by atoms with Crippen LogP contribution >= 0.6 is 11.3 Å². The van der Waals surface area contributed by atoms with Crippen LogP contribution in [0.4, 0.5) is 0 Å². The standard InChI is InChI=1S/C23H23NO2S/c1-15(2)18-11-9-17(10-12-18)13-21-23(26)24(4)22(27-21)14-20(25)19-8-6-5-7-16(19)3/h5-15H,1-4H3/b21-13-,22-14-. The van der Waals surface area contributed by atoms with Gasteiger partial charge < -0.3 is 4.57 Å². The third kappa shape index (κ3) is 4.17. The molecule has 4 heteroatoms. The number of rotatable bonds is 4. The van der Waals surface area contributed by atoms with Gasteiger partial charge in [0.2, 0.25) is 0 Å². The number of aryl methyl sites for hydroxylation is 1. The van der Waals surface area contributed by atoms with Crippen LogP contribution in [-0.2, 0) is 7.05 Å². The molecule has 27 heavy (non-hydrogen) atoms. The van der Waals surface area contributed by atoms with Gasteiger partial charge in [0.15, 0.2) is 5.78 Å². The van der Waals surface area contributed by atoms with Gasteiger partial charge in [-0.1, -0.05) is 62.4 Å². The number of hydrogen-bond donors (Lipinski definition) is 0. The number of benzene rings is 2. The molecule has 0 amide bonds. The minimum absolute atomic E-state index is 0.0854. The smallest absolute Gasteiger partial charge is 0.268 e. The highest BCUT2D eigenvalue weighted by atomic mass is 32.1. The molecule has 0 aliphatic rings. The Morgan fingerprint density at radius 1 is 1.07 bits per heavy atom. The maximum absolute atomic E-state index is 12.6. The van der Waals surface area contributed by atoms with Gasteiger partial charge in [0.25, 0.3) is 5.56 Å². The van der Waals surface area contributed by atoms with Crippen molar-refractivity contribution in [1.82, 2.24) is 4.57 Å². The van der Waals surface area contributed by atoms with Crippen LogP contribution in [0.3, 0.4) is 0 Å². The first kappa shape index (κ1) is 19.1. The number of carbonyl (C=O) groups excluding carboxylic acids is 1. The Bertz CT molecular complexity index is 1150. The SMILES string of the molecule is Cc1ccccc1C(=O)/C=c1\s/c(=C\c2ccc(C(C)C)cc2)c(=O)n1C. The van der Waals surface area contributed by atoms with Crippen LogP contribution in [0.5, 0.6) is 0 Å². The van der Waals surface area contributed by atoms with E-state index in [1.165, 1.54) is 21.5 Å². The first-order valence-electron chi connectivity index (χ1n) is 8.96. The van der Waals surface area contributed by atoms with Crippen molar-refractivity contribution >= 4 is 29.3 Å². The summed E-state index contributed by atoms with van der Waals surface area (Å²) in [7, 11) is 1.70.